The Kier molecular flexibility index (Phi) is 2.41. The number of aromatic nitrogens is 1. The van der Waals surface area contributed by atoms with Crippen molar-refractivity contribution in [1.82, 2.24) is 4.98 Å². The van der Waals surface area contributed by atoms with Gasteiger partial charge in [0.05, 0.1) is 0 Å². The average molecular weight is 207 g/mol. The monoisotopic (exact) mass is 207 g/mol. The molecule has 5 heteroatoms. The molecule has 0 aliphatic carbocycles. The zero-order valence-electron chi connectivity index (χ0n) is 7.18. The fraction of sp³-hybridized carbons (Fsp3) is 0. The number of pyridine rings is 1. The molecule has 0 spiro atoms. The van der Waals surface area contributed by atoms with Gasteiger partial charge in [0.25, 0.3) is 0 Å². The van der Waals surface area contributed by atoms with Crippen LogP contribution in [0.1, 0.15) is 0 Å². The minimum Gasteiger partial charge on any atom is -0.423 e. The molecule has 0 aliphatic rings. The van der Waals surface area contributed by atoms with Gasteiger partial charge < -0.3 is 10.0 Å². The summed E-state index contributed by atoms with van der Waals surface area (Å²) in [6, 6.07) is 6.78. The van der Waals surface area contributed by atoms with Gasteiger partial charge in [-0.15, -0.1) is 0 Å². The van der Waals surface area contributed by atoms with Crippen molar-refractivity contribution < 1.29 is 10.0 Å². The number of benzene rings is 1. The van der Waals surface area contributed by atoms with E-state index in [4.69, 9.17) is 21.6 Å². The molecule has 2 N–H and O–H groups in total. The lowest BCUT2D eigenvalue weighted by atomic mass is 9.79. The Morgan fingerprint density at radius 2 is 2.00 bits per heavy atom. The summed E-state index contributed by atoms with van der Waals surface area (Å²) in [6.45, 7) is 0. The molecule has 70 valence electrons. The van der Waals surface area contributed by atoms with Crippen LogP contribution in [-0.4, -0.2) is 22.2 Å². The van der Waals surface area contributed by atoms with Crippen molar-refractivity contribution in [2.75, 3.05) is 0 Å². The van der Waals surface area contributed by atoms with Gasteiger partial charge in [0.2, 0.25) is 0 Å². The molecule has 0 amide bonds. The minimum absolute atomic E-state index is 0.418. The molecule has 0 aliphatic heterocycles. The van der Waals surface area contributed by atoms with Crippen LogP contribution < -0.4 is 5.46 Å². The zero-order valence-corrected chi connectivity index (χ0v) is 7.94. The van der Waals surface area contributed by atoms with Crippen LogP contribution in [0, 0.1) is 0 Å². The highest BCUT2D eigenvalue weighted by Crippen LogP contribution is 2.19. The number of fused-ring (bicyclic) bond motifs is 1. The SMILES string of the molecule is OB(O)c1ccc2c(Cl)nccc2c1. The molecule has 0 atom stereocenters. The first kappa shape index (κ1) is 9.46. The van der Waals surface area contributed by atoms with Crippen LogP contribution in [0.3, 0.4) is 0 Å². The maximum atomic E-state index is 8.96. The molecule has 2 aromatic rings. The van der Waals surface area contributed by atoms with Crippen molar-refractivity contribution >= 4 is 35.0 Å². The number of rotatable bonds is 1. The summed E-state index contributed by atoms with van der Waals surface area (Å²) in [4.78, 5) is 3.92. The Morgan fingerprint density at radius 3 is 2.71 bits per heavy atom. The maximum Gasteiger partial charge on any atom is 0.488 e. The first-order chi connectivity index (χ1) is 6.68. The Balaban J connectivity index is 2.67. The van der Waals surface area contributed by atoms with Gasteiger partial charge in [-0.1, -0.05) is 29.8 Å². The fourth-order valence-electron chi connectivity index (χ4n) is 1.32. The van der Waals surface area contributed by atoms with E-state index in [0.717, 1.165) is 10.8 Å². The third-order valence-electron chi connectivity index (χ3n) is 2.04. The molecule has 1 heterocycles. The predicted octanol–water partition coefficient (Wildman–Crippen LogP) is 0.568. The molecule has 14 heavy (non-hydrogen) atoms. The van der Waals surface area contributed by atoms with E-state index in [1.807, 2.05) is 0 Å². The second kappa shape index (κ2) is 3.57. The van der Waals surface area contributed by atoms with Gasteiger partial charge in [-0.3, -0.25) is 0 Å². The lowest BCUT2D eigenvalue weighted by Gasteiger charge is -2.02. The van der Waals surface area contributed by atoms with Gasteiger partial charge in [-0.05, 0) is 16.9 Å². The molecule has 0 saturated carbocycles. The molecular formula is C9H7BClNO2. The number of hydrogen-bond acceptors (Lipinski definition) is 3. The van der Waals surface area contributed by atoms with E-state index < -0.39 is 7.12 Å². The zero-order chi connectivity index (χ0) is 10.1. The lowest BCUT2D eigenvalue weighted by molar-refractivity contribution is 0.426. The molecule has 3 nitrogen and oxygen atoms in total. The van der Waals surface area contributed by atoms with Gasteiger partial charge in [0.1, 0.15) is 5.15 Å². The van der Waals surface area contributed by atoms with Crippen LogP contribution in [0.15, 0.2) is 30.5 Å². The third-order valence-corrected chi connectivity index (χ3v) is 2.34. The first-order valence-electron chi connectivity index (χ1n) is 4.09. The third kappa shape index (κ3) is 1.59. The van der Waals surface area contributed by atoms with Gasteiger partial charge in [0.15, 0.2) is 0 Å². The summed E-state index contributed by atoms with van der Waals surface area (Å²) in [5.41, 5.74) is 0.444. The fourth-order valence-corrected chi connectivity index (χ4v) is 1.55. The summed E-state index contributed by atoms with van der Waals surface area (Å²) >= 11 is 5.85. The van der Waals surface area contributed by atoms with Crippen LogP contribution >= 0.6 is 11.6 Å². The van der Waals surface area contributed by atoms with Crippen molar-refractivity contribution in [3.63, 3.8) is 0 Å². The number of halogens is 1. The molecule has 1 aromatic heterocycles. The maximum absolute atomic E-state index is 8.96. The number of hydrogen-bond donors (Lipinski definition) is 2. The van der Waals surface area contributed by atoms with Crippen LogP contribution in [0.25, 0.3) is 10.8 Å². The van der Waals surface area contributed by atoms with Gasteiger partial charge in [-0.2, -0.15) is 0 Å². The van der Waals surface area contributed by atoms with E-state index in [0.29, 0.717) is 10.6 Å². The lowest BCUT2D eigenvalue weighted by Crippen LogP contribution is -2.29. The molecule has 1 aromatic carbocycles. The van der Waals surface area contributed by atoms with E-state index >= 15 is 0 Å². The second-order valence-corrected chi connectivity index (χ2v) is 3.31. The van der Waals surface area contributed by atoms with Crippen molar-refractivity contribution in [2.45, 2.75) is 0 Å². The Labute approximate surface area is 86.1 Å². The highest BCUT2D eigenvalue weighted by Gasteiger charge is 2.11. The highest BCUT2D eigenvalue weighted by molar-refractivity contribution is 6.59. The van der Waals surface area contributed by atoms with Crippen LogP contribution in [-0.2, 0) is 0 Å². The molecule has 0 radical (unpaired) electrons. The quantitative estimate of drug-likeness (QED) is 0.531. The summed E-state index contributed by atoms with van der Waals surface area (Å²) in [6.07, 6.45) is 1.58. The van der Waals surface area contributed by atoms with E-state index in [1.165, 1.54) is 0 Å². The summed E-state index contributed by atoms with van der Waals surface area (Å²) < 4.78 is 0. The predicted molar refractivity (Wildman–Crippen MR) is 56.6 cm³/mol. The second-order valence-electron chi connectivity index (χ2n) is 2.96. The highest BCUT2D eigenvalue weighted by atomic mass is 35.5. The van der Waals surface area contributed by atoms with Crippen LogP contribution in [0.5, 0.6) is 0 Å². The molecule has 0 bridgehead atoms. The Hall–Kier alpha value is -1.10. The first-order valence-corrected chi connectivity index (χ1v) is 4.46. The molecule has 0 unspecified atom stereocenters. The van der Waals surface area contributed by atoms with Crippen molar-refractivity contribution in [2.24, 2.45) is 0 Å². The Morgan fingerprint density at radius 1 is 1.21 bits per heavy atom. The summed E-state index contributed by atoms with van der Waals surface area (Å²) in [5, 5.41) is 20.0. The minimum atomic E-state index is -1.45. The smallest absolute Gasteiger partial charge is 0.423 e. The Bertz CT molecular complexity index is 475. The van der Waals surface area contributed by atoms with Crippen LogP contribution in [0.2, 0.25) is 5.15 Å². The largest absolute Gasteiger partial charge is 0.488 e. The molecule has 0 saturated heterocycles. The molecule has 2 rings (SSSR count). The van der Waals surface area contributed by atoms with E-state index in [9.17, 15) is 0 Å². The van der Waals surface area contributed by atoms with Crippen LogP contribution in [0.4, 0.5) is 0 Å². The number of nitrogens with zero attached hydrogens (tertiary/aromatic N) is 1. The van der Waals surface area contributed by atoms with Crippen molar-refractivity contribution in [3.05, 3.63) is 35.6 Å². The van der Waals surface area contributed by atoms with Gasteiger partial charge in [0, 0.05) is 11.6 Å². The van der Waals surface area contributed by atoms with Gasteiger partial charge in [-0.25, -0.2) is 4.98 Å². The van der Waals surface area contributed by atoms with Crippen molar-refractivity contribution in [3.8, 4) is 0 Å². The molecule has 0 fully saturated rings. The average Bonchev–Trinajstić information content (AvgIpc) is 2.17. The normalized spacial score (nSPS) is 10.5. The van der Waals surface area contributed by atoms with Crippen molar-refractivity contribution in [1.29, 1.82) is 0 Å². The van der Waals surface area contributed by atoms with E-state index in [1.54, 1.807) is 30.5 Å². The summed E-state index contributed by atoms with van der Waals surface area (Å²) in [5.74, 6) is 0. The summed E-state index contributed by atoms with van der Waals surface area (Å²) in [7, 11) is -1.45. The standard InChI is InChI=1S/C9H7BClNO2/c11-9-8-2-1-7(10(13)14)5-6(8)3-4-12-9/h1-5,13-14H. The van der Waals surface area contributed by atoms with E-state index in [-0.39, 0.29) is 0 Å². The molecular weight excluding hydrogens is 200 g/mol. The van der Waals surface area contributed by atoms with E-state index in [2.05, 4.69) is 4.98 Å². The van der Waals surface area contributed by atoms with Gasteiger partial charge >= 0.3 is 7.12 Å². The topological polar surface area (TPSA) is 53.4 Å².